The van der Waals surface area contributed by atoms with Gasteiger partial charge in [-0.1, -0.05) is 11.3 Å². The predicted molar refractivity (Wildman–Crippen MR) is 110 cm³/mol. The lowest BCUT2D eigenvalue weighted by molar-refractivity contribution is -0.114. The number of hydrogen-bond acceptors (Lipinski definition) is 6. The first-order valence-corrected chi connectivity index (χ1v) is 10.2. The molecule has 0 bridgehead atoms. The van der Waals surface area contributed by atoms with E-state index in [9.17, 15) is 4.79 Å². The summed E-state index contributed by atoms with van der Waals surface area (Å²) in [6.45, 7) is 4.72. The van der Waals surface area contributed by atoms with Crippen molar-refractivity contribution in [3.8, 4) is 21.8 Å². The third-order valence-corrected chi connectivity index (χ3v) is 5.80. The Labute approximate surface area is 167 Å². The SMILES string of the molecule is COCCn1nc(-c2ccc(C)nc2)c2c1-c1sc(NC(C)=O)nc1CCC2. The molecule has 1 aliphatic rings. The van der Waals surface area contributed by atoms with E-state index in [2.05, 4.69) is 21.4 Å². The van der Waals surface area contributed by atoms with Gasteiger partial charge in [-0.15, -0.1) is 0 Å². The molecular weight excluding hydrogens is 374 g/mol. The molecular formula is C20H23N5O2S. The molecule has 3 heterocycles. The van der Waals surface area contributed by atoms with Crippen molar-refractivity contribution >= 4 is 22.4 Å². The lowest BCUT2D eigenvalue weighted by Gasteiger charge is -2.06. The molecule has 7 nitrogen and oxygen atoms in total. The normalized spacial score (nSPS) is 13.0. The third-order valence-electron chi connectivity index (χ3n) is 4.78. The van der Waals surface area contributed by atoms with Gasteiger partial charge in [0.2, 0.25) is 5.91 Å². The van der Waals surface area contributed by atoms with Crippen LogP contribution in [0, 0.1) is 6.92 Å². The van der Waals surface area contributed by atoms with Crippen molar-refractivity contribution in [1.29, 1.82) is 0 Å². The third kappa shape index (κ3) is 3.57. The summed E-state index contributed by atoms with van der Waals surface area (Å²) in [4.78, 5) is 21.7. The number of ether oxygens (including phenoxy) is 1. The zero-order valence-corrected chi connectivity index (χ0v) is 17.1. The second-order valence-electron chi connectivity index (χ2n) is 6.91. The number of fused-ring (bicyclic) bond motifs is 3. The molecule has 0 aromatic carbocycles. The number of thiazole rings is 1. The van der Waals surface area contributed by atoms with E-state index >= 15 is 0 Å². The van der Waals surface area contributed by atoms with Crippen molar-refractivity contribution in [1.82, 2.24) is 19.7 Å². The van der Waals surface area contributed by atoms with Crippen molar-refractivity contribution < 1.29 is 9.53 Å². The summed E-state index contributed by atoms with van der Waals surface area (Å²) >= 11 is 1.52. The van der Waals surface area contributed by atoms with Crippen LogP contribution >= 0.6 is 11.3 Å². The van der Waals surface area contributed by atoms with Crippen LogP contribution in [0.25, 0.3) is 21.8 Å². The minimum absolute atomic E-state index is 0.108. The zero-order valence-electron chi connectivity index (χ0n) is 16.3. The van der Waals surface area contributed by atoms with E-state index in [0.29, 0.717) is 18.3 Å². The Morgan fingerprint density at radius 2 is 2.21 bits per heavy atom. The smallest absolute Gasteiger partial charge is 0.223 e. The number of hydrogen-bond donors (Lipinski definition) is 1. The number of nitrogens with zero attached hydrogens (tertiary/aromatic N) is 4. The molecule has 0 radical (unpaired) electrons. The highest BCUT2D eigenvalue weighted by Crippen LogP contribution is 2.42. The van der Waals surface area contributed by atoms with E-state index < -0.39 is 0 Å². The van der Waals surface area contributed by atoms with Crippen molar-refractivity contribution in [3.63, 3.8) is 0 Å². The number of anilines is 1. The van der Waals surface area contributed by atoms with Crippen LogP contribution in [0.15, 0.2) is 18.3 Å². The quantitative estimate of drug-likeness (QED) is 0.713. The first-order chi connectivity index (χ1) is 13.6. The fraction of sp³-hybridized carbons (Fsp3) is 0.400. The second kappa shape index (κ2) is 7.81. The van der Waals surface area contributed by atoms with Gasteiger partial charge in [-0.2, -0.15) is 5.10 Å². The largest absolute Gasteiger partial charge is 0.383 e. The number of pyridine rings is 1. The minimum Gasteiger partial charge on any atom is -0.383 e. The maximum absolute atomic E-state index is 11.5. The Morgan fingerprint density at radius 3 is 2.93 bits per heavy atom. The maximum Gasteiger partial charge on any atom is 0.223 e. The molecule has 0 unspecified atom stereocenters. The molecule has 28 heavy (non-hydrogen) atoms. The molecule has 0 fully saturated rings. The summed E-state index contributed by atoms with van der Waals surface area (Å²) in [6.07, 6.45) is 4.70. The average molecular weight is 398 g/mol. The van der Waals surface area contributed by atoms with Crippen LogP contribution in [0.2, 0.25) is 0 Å². The Hall–Kier alpha value is -2.58. The number of aromatic nitrogens is 4. The standard InChI is InChI=1S/C20H23N5O2S/c1-12-7-8-14(11-21-12)17-15-5-4-6-16-19(28-20(23-16)22-13(2)26)18(15)25(24-17)9-10-27-3/h7-8,11H,4-6,9-10H2,1-3H3,(H,22,23,26). The van der Waals surface area contributed by atoms with E-state index in [1.54, 1.807) is 7.11 Å². The number of amides is 1. The summed E-state index contributed by atoms with van der Waals surface area (Å²) in [7, 11) is 1.69. The summed E-state index contributed by atoms with van der Waals surface area (Å²) in [5.74, 6) is -0.108. The summed E-state index contributed by atoms with van der Waals surface area (Å²) in [6, 6.07) is 4.09. The number of aryl methyl sites for hydroxylation is 2. The lowest BCUT2D eigenvalue weighted by atomic mass is 10.0. The highest BCUT2D eigenvalue weighted by Gasteiger charge is 2.27. The zero-order chi connectivity index (χ0) is 19.7. The fourth-order valence-electron chi connectivity index (χ4n) is 3.51. The van der Waals surface area contributed by atoms with Crippen LogP contribution in [0.3, 0.4) is 0 Å². The van der Waals surface area contributed by atoms with Crippen LogP contribution in [-0.4, -0.2) is 39.4 Å². The molecule has 0 saturated carbocycles. The molecule has 1 N–H and O–H groups in total. The molecule has 146 valence electrons. The van der Waals surface area contributed by atoms with Gasteiger partial charge in [0.1, 0.15) is 0 Å². The highest BCUT2D eigenvalue weighted by atomic mass is 32.1. The molecule has 1 aliphatic carbocycles. The van der Waals surface area contributed by atoms with Gasteiger partial charge in [-0.25, -0.2) is 4.98 Å². The van der Waals surface area contributed by atoms with Crippen LogP contribution in [0.1, 0.15) is 30.3 Å². The number of methoxy groups -OCH3 is 1. The Balaban J connectivity index is 1.87. The van der Waals surface area contributed by atoms with Crippen LogP contribution in [-0.2, 0) is 28.9 Å². The van der Waals surface area contributed by atoms with Crippen molar-refractivity contribution in [3.05, 3.63) is 35.3 Å². The summed E-state index contributed by atoms with van der Waals surface area (Å²) in [5.41, 5.74) is 6.32. The van der Waals surface area contributed by atoms with E-state index in [0.717, 1.165) is 52.5 Å². The summed E-state index contributed by atoms with van der Waals surface area (Å²) < 4.78 is 7.32. The van der Waals surface area contributed by atoms with Crippen LogP contribution in [0.5, 0.6) is 0 Å². The Kier molecular flexibility index (Phi) is 5.23. The first kappa shape index (κ1) is 18.8. The molecule has 0 saturated heterocycles. The van der Waals surface area contributed by atoms with Crippen molar-refractivity contribution in [2.75, 3.05) is 19.0 Å². The van der Waals surface area contributed by atoms with Crippen molar-refractivity contribution in [2.45, 2.75) is 39.7 Å². The van der Waals surface area contributed by atoms with E-state index in [1.807, 2.05) is 23.9 Å². The summed E-state index contributed by atoms with van der Waals surface area (Å²) in [5, 5.41) is 8.39. The lowest BCUT2D eigenvalue weighted by Crippen LogP contribution is -2.07. The molecule has 8 heteroatoms. The van der Waals surface area contributed by atoms with E-state index in [4.69, 9.17) is 9.84 Å². The van der Waals surface area contributed by atoms with E-state index in [1.165, 1.54) is 23.8 Å². The molecule has 3 aromatic rings. The average Bonchev–Trinajstić information content (AvgIpc) is 3.16. The minimum atomic E-state index is -0.108. The van der Waals surface area contributed by atoms with Gasteiger partial charge in [0.15, 0.2) is 5.13 Å². The molecule has 0 aliphatic heterocycles. The van der Waals surface area contributed by atoms with Gasteiger partial charge >= 0.3 is 0 Å². The van der Waals surface area contributed by atoms with E-state index in [-0.39, 0.29) is 5.91 Å². The van der Waals surface area contributed by atoms with Gasteiger partial charge in [0, 0.05) is 37.1 Å². The van der Waals surface area contributed by atoms with Gasteiger partial charge in [-0.05, 0) is 38.3 Å². The first-order valence-electron chi connectivity index (χ1n) is 9.36. The number of rotatable bonds is 5. The molecule has 4 rings (SSSR count). The van der Waals surface area contributed by atoms with Crippen LogP contribution < -0.4 is 5.32 Å². The predicted octanol–water partition coefficient (Wildman–Crippen LogP) is 3.47. The van der Waals surface area contributed by atoms with Gasteiger partial charge in [0.25, 0.3) is 0 Å². The number of carbonyl (C=O) groups excluding carboxylic acids is 1. The van der Waals surface area contributed by atoms with Gasteiger partial charge in [-0.3, -0.25) is 14.5 Å². The Morgan fingerprint density at radius 1 is 1.36 bits per heavy atom. The fourth-order valence-corrected chi connectivity index (χ4v) is 4.65. The highest BCUT2D eigenvalue weighted by molar-refractivity contribution is 7.19. The van der Waals surface area contributed by atoms with Gasteiger partial charge < -0.3 is 10.1 Å². The number of carbonyl (C=O) groups is 1. The maximum atomic E-state index is 11.5. The van der Waals surface area contributed by atoms with Gasteiger partial charge in [0.05, 0.1) is 35.1 Å². The molecule has 0 spiro atoms. The monoisotopic (exact) mass is 397 g/mol. The molecule has 0 atom stereocenters. The van der Waals surface area contributed by atoms with Crippen molar-refractivity contribution in [2.24, 2.45) is 0 Å². The molecule has 1 amide bonds. The van der Waals surface area contributed by atoms with Crippen LogP contribution in [0.4, 0.5) is 5.13 Å². The number of nitrogens with one attached hydrogen (secondary N) is 1. The Bertz CT molecular complexity index is 1010. The molecule has 3 aromatic heterocycles. The second-order valence-corrected chi connectivity index (χ2v) is 7.91. The topological polar surface area (TPSA) is 81.9 Å².